The molecule has 5 aliphatic rings. The predicted octanol–water partition coefficient (Wildman–Crippen LogP) is 10.9. The van der Waals surface area contributed by atoms with Crippen LogP contribution in [-0.4, -0.2) is 256 Å². The molecule has 688 valence electrons. The molecule has 3 N–H and O–H groups in total. The van der Waals surface area contributed by atoms with Gasteiger partial charge < -0.3 is 51.6 Å². The van der Waals surface area contributed by atoms with Crippen molar-refractivity contribution < 1.29 is 107 Å². The number of aliphatic hydroxyl groups is 1. The van der Waals surface area contributed by atoms with E-state index in [0.717, 1.165) is 0 Å². The van der Waals surface area contributed by atoms with Gasteiger partial charge in [0, 0.05) is 66.3 Å². The average molecular weight is 1950 g/mol. The second-order valence-electron chi connectivity index (χ2n) is 30.0. The quantitative estimate of drug-likeness (QED) is 0.0233. The zero-order valence-electron chi connectivity index (χ0n) is 69.5. The number of fused-ring (bicyclic) bond motifs is 6. The van der Waals surface area contributed by atoms with Crippen molar-refractivity contribution in [1.82, 2.24) is 78.1 Å². The van der Waals surface area contributed by atoms with Crippen LogP contribution in [-0.2, 0) is 90.6 Å². The molecular weight excluding hydrogens is 1870 g/mol. The Kier molecular flexibility index (Phi) is 29.0. The van der Waals surface area contributed by atoms with Crippen molar-refractivity contribution in [3.05, 3.63) is 245 Å². The first-order valence-corrected chi connectivity index (χ1v) is 50.2. The fourth-order valence-corrected chi connectivity index (χ4v) is 20.7. The van der Waals surface area contributed by atoms with Crippen molar-refractivity contribution in [3.63, 3.8) is 0 Å². The highest BCUT2D eigenvalue weighted by Gasteiger charge is 2.56. The summed E-state index contributed by atoms with van der Waals surface area (Å²) >= 11 is 16.8. The van der Waals surface area contributed by atoms with E-state index in [1.54, 1.807) is 121 Å². The standard InChI is InChI=1S/C41H40F2N10O10P2S.C41H40F2N10O9P2S2/c1-4-16-50(38(55)24-12-8-6-9-13-24)34-30-36(46-20-44-34)52(22-48-30)40-28(42)32(62-64(57)58)27(61-40)19-59-65(3,66)63-33-26(18-54)60-41(29(33)43)53-23-49-31-35(45-21-47-37(31)53)51(17-5-2)39(56)25-14-10-7-11-15-25;1-4-16-50(38(54)24-12-8-6-9-13-24)34-30-36(46-20-44-34)52(22-48-30)40-28(42)32-27(60-40)19-58-64(56,66)62-33-26(18-57-63(3,65)61-32)59-41(29(33)43)53-23-49-31-35(45-21-47-37(31)53)51(17-5-2)39(55)25-14-10-7-11-15-25/h4-15,20-23,26-29,32-33,40-41,54H,1-2,16-19H2,3H3;4-15,20-23,26-29,32-33,40-41H,1-2,16-19H2,3H3,(H,56,66)/p+1/t26-,27-,28-,29-,32-,33-,40-,41?,65?;26-,27-,28-,29-,32-,33-,40?,41-,63?,64?/m11/s1. The van der Waals surface area contributed by atoms with Gasteiger partial charge in [0.05, 0.1) is 51.7 Å². The summed E-state index contributed by atoms with van der Waals surface area (Å²) in [5, 5.41) is 10.3. The smallest absolute Gasteiger partial charge is 0.394 e. The Morgan fingerprint density at radius 2 is 0.811 bits per heavy atom. The summed E-state index contributed by atoms with van der Waals surface area (Å²) < 4.78 is 149. The molecule has 12 aromatic rings. The molecule has 0 radical (unpaired) electrons. The highest BCUT2D eigenvalue weighted by atomic mass is 32.5. The number of anilines is 4. The average Bonchev–Trinajstić information content (AvgIpc) is 1.62. The fraction of sp³-hybridized carbons (Fsp3) is 0.317. The number of alkyl halides is 4. The summed E-state index contributed by atoms with van der Waals surface area (Å²) in [4.78, 5) is 133. The second-order valence-corrected chi connectivity index (χ2v) is 41.5. The van der Waals surface area contributed by atoms with E-state index >= 15 is 17.6 Å². The summed E-state index contributed by atoms with van der Waals surface area (Å²) in [5.41, 5.74) is 2.53. The number of carbonyl (C=O) groups is 4. The number of ether oxygens (including phenoxy) is 4. The van der Waals surface area contributed by atoms with Gasteiger partial charge in [-0.3, -0.25) is 61.6 Å². The molecule has 0 aliphatic carbocycles. The van der Waals surface area contributed by atoms with Gasteiger partial charge in [-0.1, -0.05) is 97.1 Å². The van der Waals surface area contributed by atoms with Gasteiger partial charge in [-0.2, -0.15) is 0 Å². The molecule has 13 heterocycles. The van der Waals surface area contributed by atoms with Gasteiger partial charge in [-0.25, -0.2) is 77.4 Å². The minimum absolute atomic E-state index is 0.0440. The number of hydrogen-bond acceptors (Lipinski definition) is 32. The minimum atomic E-state index is -4.35. The maximum Gasteiger partial charge on any atom is 0.695 e. The topological polar surface area (TPSA) is 435 Å². The molecule has 132 heavy (non-hydrogen) atoms. The predicted molar refractivity (Wildman–Crippen MR) is 481 cm³/mol. The number of rotatable bonds is 28. The van der Waals surface area contributed by atoms with Crippen LogP contribution in [0.15, 0.2) is 223 Å². The lowest BCUT2D eigenvalue weighted by atomic mass is 10.1. The van der Waals surface area contributed by atoms with Crippen molar-refractivity contribution in [1.29, 1.82) is 0 Å². The van der Waals surface area contributed by atoms with Gasteiger partial charge in [-0.05, 0) is 84.0 Å². The number of benzene rings is 4. The van der Waals surface area contributed by atoms with Crippen LogP contribution in [0.1, 0.15) is 66.3 Å². The van der Waals surface area contributed by atoms with E-state index in [0.29, 0.717) is 22.3 Å². The van der Waals surface area contributed by atoms with Crippen molar-refractivity contribution in [2.45, 2.75) is 98.4 Å². The second kappa shape index (κ2) is 40.5. The molecule has 20 atom stereocenters. The Balaban J connectivity index is 0.000000193. The van der Waals surface area contributed by atoms with E-state index in [1.165, 1.54) is 126 Å². The van der Waals surface area contributed by atoms with Crippen LogP contribution in [0, 0.1) is 0 Å². The largest absolute Gasteiger partial charge is 0.695 e. The first-order chi connectivity index (χ1) is 63.6. The zero-order valence-corrected chi connectivity index (χ0v) is 75.6. The number of carbonyl (C=O) groups excluding carboxylic acids is 4. The summed E-state index contributed by atoms with van der Waals surface area (Å²) in [7, 11) is -3.36. The van der Waals surface area contributed by atoms with Gasteiger partial charge >= 0.3 is 15.0 Å². The molecule has 0 bridgehead atoms. The van der Waals surface area contributed by atoms with E-state index in [-0.39, 0.29) is 112 Å². The van der Waals surface area contributed by atoms with Crippen LogP contribution in [0.3, 0.4) is 0 Å². The lowest BCUT2D eigenvalue weighted by molar-refractivity contribution is -0.0549. The number of nitrogens with zero attached hydrogens (tertiary/aromatic N) is 20. The SMILES string of the molecule is C=CCN(C(=O)c1ccccc1)c1ncnc2c1ncn2C1O[C@@H]2COP(O)(=S)O[C@H]3[C@@H](F)[C@H](n4cnc5c(N(CC=C)C(=O)c6ccccc6)ncnc54)O[C@@H]3COP(C)(=S)O[C@H]2[C@H]1F.C=CCN(C(=O)c1ccccc1)c1ncnc2c1ncn2C1O[C@H](CO)[C@@H](OP(C)(=S)OC[C@H]2O[C@@H](n3cnc4c(N(CC=C)C(=O)c5ccccc5)ncnc43)[C@H](F)[C@@H]2O[P+](=O)O)[C@H]1F. The molecule has 8 aromatic heterocycles. The first kappa shape index (κ1) is 94.3. The Labute approximate surface area is 764 Å². The Bertz CT molecular complexity index is 6270. The fourth-order valence-electron chi connectivity index (χ4n) is 15.5. The lowest BCUT2D eigenvalue weighted by Crippen LogP contribution is -2.37. The van der Waals surface area contributed by atoms with Crippen molar-refractivity contribution in [3.8, 4) is 0 Å². The maximum atomic E-state index is 16.9. The van der Waals surface area contributed by atoms with E-state index in [9.17, 15) is 38.6 Å². The van der Waals surface area contributed by atoms with Crippen LogP contribution in [0.5, 0.6) is 0 Å². The summed E-state index contributed by atoms with van der Waals surface area (Å²) in [5.74, 6) is -1.04. The third kappa shape index (κ3) is 19.5. The van der Waals surface area contributed by atoms with E-state index in [2.05, 4.69) is 86.1 Å². The highest BCUT2D eigenvalue weighted by Crippen LogP contribution is 2.57. The van der Waals surface area contributed by atoms with Crippen LogP contribution < -0.4 is 19.6 Å². The summed E-state index contributed by atoms with van der Waals surface area (Å²) in [6.45, 7) is 4.57. The normalized spacial score (nSPS) is 26.5. The van der Waals surface area contributed by atoms with E-state index in [4.69, 9.17) is 86.0 Å². The van der Waals surface area contributed by atoms with Gasteiger partial charge in [0.25, 0.3) is 23.6 Å². The van der Waals surface area contributed by atoms with Gasteiger partial charge in [0.1, 0.15) is 68.0 Å². The number of hydrogen-bond donors (Lipinski definition) is 3. The summed E-state index contributed by atoms with van der Waals surface area (Å²) in [6.07, 6.45) is -9.53. The maximum absolute atomic E-state index is 16.9. The summed E-state index contributed by atoms with van der Waals surface area (Å²) in [6, 6.07) is 34.1. The molecule has 0 saturated carbocycles. The molecule has 4 amide bonds. The monoisotopic (exact) mass is 1950 g/mol. The third-order valence-corrected chi connectivity index (χ3v) is 27.1. The molecule has 4 aromatic carbocycles. The molecule has 50 heteroatoms. The molecule has 17 rings (SSSR count). The molecule has 39 nitrogen and oxygen atoms in total. The van der Waals surface area contributed by atoms with Crippen molar-refractivity contribution in [2.75, 3.05) is 85.5 Å². The Morgan fingerprint density at radius 1 is 0.492 bits per heavy atom. The van der Waals surface area contributed by atoms with Gasteiger partial charge in [0.15, 0.2) is 137 Å². The number of amides is 4. The number of aliphatic hydroxyl groups excluding tert-OH is 1. The van der Waals surface area contributed by atoms with Crippen LogP contribution >= 0.6 is 28.0 Å². The highest BCUT2D eigenvalue weighted by molar-refractivity contribution is 8.10. The van der Waals surface area contributed by atoms with Gasteiger partial charge in [-0.15, -0.1) is 35.7 Å². The zero-order chi connectivity index (χ0) is 93.0. The van der Waals surface area contributed by atoms with Crippen molar-refractivity contribution in [2.24, 2.45) is 0 Å². The van der Waals surface area contributed by atoms with Crippen LogP contribution in [0.4, 0.5) is 40.8 Å². The number of halogens is 4. The van der Waals surface area contributed by atoms with Crippen LogP contribution in [0.2, 0.25) is 0 Å². The molecule has 6 unspecified atom stereocenters. The van der Waals surface area contributed by atoms with Crippen LogP contribution in [0.25, 0.3) is 44.7 Å². The van der Waals surface area contributed by atoms with Crippen molar-refractivity contribution >= 4 is 155 Å². The Hall–Kier alpha value is -10.9. The lowest BCUT2D eigenvalue weighted by Gasteiger charge is -2.30. The molecular formula is C82H81F4N20O19P4S3+. The molecule has 5 aliphatic heterocycles. The molecule has 0 spiro atoms. The third-order valence-electron chi connectivity index (χ3n) is 21.5. The van der Waals surface area contributed by atoms with E-state index < -0.39 is 159 Å². The number of aromatic nitrogens is 16. The number of imidazole rings is 4. The molecule has 5 fully saturated rings. The first-order valence-electron chi connectivity index (χ1n) is 40.3. The molecule has 5 saturated heterocycles. The van der Waals surface area contributed by atoms with E-state index in [1.807, 2.05) is 0 Å². The van der Waals surface area contributed by atoms with Gasteiger partial charge in [0.2, 0.25) is 0 Å². The minimum Gasteiger partial charge on any atom is -0.394 e. The Morgan fingerprint density at radius 3 is 1.14 bits per heavy atom.